The van der Waals surface area contributed by atoms with Gasteiger partial charge in [0, 0.05) is 19.3 Å². The lowest BCUT2D eigenvalue weighted by Gasteiger charge is -2.21. The van der Waals surface area contributed by atoms with Gasteiger partial charge in [0.15, 0.2) is 0 Å². The van der Waals surface area contributed by atoms with Gasteiger partial charge >= 0.3 is 0 Å². The van der Waals surface area contributed by atoms with Crippen LogP contribution in [0.5, 0.6) is 0 Å². The third-order valence-electron chi connectivity index (χ3n) is 2.19. The SMILES string of the molecule is CCCN(CCCN)S(=O)(=O)CCS(C)(=O)=O. The van der Waals surface area contributed by atoms with Crippen molar-refractivity contribution in [1.29, 1.82) is 0 Å². The molecule has 0 bridgehead atoms. The number of rotatable bonds is 9. The van der Waals surface area contributed by atoms with E-state index in [9.17, 15) is 16.8 Å². The molecule has 104 valence electrons. The predicted octanol–water partition coefficient (Wildman–Crippen LogP) is -0.578. The van der Waals surface area contributed by atoms with Gasteiger partial charge in [-0.2, -0.15) is 0 Å². The summed E-state index contributed by atoms with van der Waals surface area (Å²) in [5.74, 6) is -0.686. The minimum absolute atomic E-state index is 0.335. The first kappa shape index (κ1) is 16.8. The van der Waals surface area contributed by atoms with Gasteiger partial charge < -0.3 is 5.73 Å². The lowest BCUT2D eigenvalue weighted by Crippen LogP contribution is -2.37. The van der Waals surface area contributed by atoms with Gasteiger partial charge in [-0.1, -0.05) is 6.92 Å². The second-order valence-corrected chi connectivity index (χ2v) is 8.34. The van der Waals surface area contributed by atoms with Crippen LogP contribution in [0, 0.1) is 0 Å². The van der Waals surface area contributed by atoms with E-state index in [4.69, 9.17) is 5.73 Å². The van der Waals surface area contributed by atoms with Crippen molar-refractivity contribution >= 4 is 19.9 Å². The van der Waals surface area contributed by atoms with Crippen molar-refractivity contribution < 1.29 is 16.8 Å². The van der Waals surface area contributed by atoms with Gasteiger partial charge in [0.25, 0.3) is 0 Å². The molecule has 0 aliphatic rings. The third-order valence-corrected chi connectivity index (χ3v) is 5.27. The number of nitrogens with two attached hydrogens (primary N) is 1. The summed E-state index contributed by atoms with van der Waals surface area (Å²) in [5.41, 5.74) is 5.34. The summed E-state index contributed by atoms with van der Waals surface area (Å²) in [4.78, 5) is 0. The van der Waals surface area contributed by atoms with Gasteiger partial charge in [-0.3, -0.25) is 0 Å². The summed E-state index contributed by atoms with van der Waals surface area (Å²) in [5, 5.41) is 0. The molecule has 0 aliphatic heterocycles. The minimum atomic E-state index is -3.49. The molecule has 0 atom stereocenters. The van der Waals surface area contributed by atoms with Gasteiger partial charge in [-0.05, 0) is 19.4 Å². The summed E-state index contributed by atoms with van der Waals surface area (Å²) in [6, 6.07) is 0. The lowest BCUT2D eigenvalue weighted by atomic mass is 10.4. The van der Waals surface area contributed by atoms with E-state index < -0.39 is 19.9 Å². The molecule has 0 aromatic heterocycles. The molecule has 0 unspecified atom stereocenters. The highest BCUT2D eigenvalue weighted by molar-refractivity contribution is 7.93. The largest absolute Gasteiger partial charge is 0.330 e. The molecule has 8 heteroatoms. The van der Waals surface area contributed by atoms with E-state index in [0.717, 1.165) is 6.26 Å². The zero-order chi connectivity index (χ0) is 13.5. The second-order valence-electron chi connectivity index (χ2n) is 3.99. The monoisotopic (exact) mass is 286 g/mol. The third kappa shape index (κ3) is 7.69. The summed E-state index contributed by atoms with van der Waals surface area (Å²) >= 11 is 0. The minimum Gasteiger partial charge on any atom is -0.330 e. The van der Waals surface area contributed by atoms with E-state index in [0.29, 0.717) is 32.5 Å². The van der Waals surface area contributed by atoms with Crippen LogP contribution in [0.15, 0.2) is 0 Å². The maximum absolute atomic E-state index is 11.9. The summed E-state index contributed by atoms with van der Waals surface area (Å²) in [6.45, 7) is 3.06. The molecule has 2 N–H and O–H groups in total. The molecule has 0 rings (SSSR count). The van der Waals surface area contributed by atoms with Crippen LogP contribution in [0.1, 0.15) is 19.8 Å². The maximum atomic E-state index is 11.9. The molecule has 17 heavy (non-hydrogen) atoms. The highest BCUT2D eigenvalue weighted by Gasteiger charge is 2.22. The second kappa shape index (κ2) is 7.30. The van der Waals surface area contributed by atoms with Gasteiger partial charge in [0.1, 0.15) is 9.84 Å². The number of sulfone groups is 1. The first-order valence-electron chi connectivity index (χ1n) is 5.58. The van der Waals surface area contributed by atoms with E-state index >= 15 is 0 Å². The van der Waals surface area contributed by atoms with Crippen molar-refractivity contribution in [3.63, 3.8) is 0 Å². The Hall–Kier alpha value is -0.180. The molecule has 0 aromatic rings. The fraction of sp³-hybridized carbons (Fsp3) is 1.00. The maximum Gasteiger partial charge on any atom is 0.215 e. The van der Waals surface area contributed by atoms with Crippen molar-refractivity contribution in [2.75, 3.05) is 37.4 Å². The first-order valence-corrected chi connectivity index (χ1v) is 9.25. The van der Waals surface area contributed by atoms with Crippen molar-refractivity contribution in [3.05, 3.63) is 0 Å². The Bertz CT molecular complexity index is 403. The Balaban J connectivity index is 4.59. The number of hydrogen-bond acceptors (Lipinski definition) is 5. The van der Waals surface area contributed by atoms with Crippen molar-refractivity contribution in [3.8, 4) is 0 Å². The zero-order valence-electron chi connectivity index (χ0n) is 10.4. The molecule has 0 saturated heterocycles. The molecule has 0 fully saturated rings. The van der Waals surface area contributed by atoms with Gasteiger partial charge in [-0.15, -0.1) is 0 Å². The smallest absolute Gasteiger partial charge is 0.215 e. The Kier molecular flexibility index (Phi) is 7.22. The van der Waals surface area contributed by atoms with Gasteiger partial charge in [0.2, 0.25) is 10.0 Å². The topological polar surface area (TPSA) is 97.5 Å². The van der Waals surface area contributed by atoms with E-state index in [-0.39, 0.29) is 11.5 Å². The van der Waals surface area contributed by atoms with E-state index in [1.54, 1.807) is 0 Å². The van der Waals surface area contributed by atoms with Crippen molar-refractivity contribution in [1.82, 2.24) is 4.31 Å². The fourth-order valence-electron chi connectivity index (χ4n) is 1.29. The Morgan fingerprint density at radius 2 is 1.65 bits per heavy atom. The summed E-state index contributed by atoms with van der Waals surface area (Å²) in [6.07, 6.45) is 2.31. The Labute approximate surface area is 104 Å². The molecule has 0 saturated carbocycles. The van der Waals surface area contributed by atoms with E-state index in [2.05, 4.69) is 0 Å². The number of hydrogen-bond donors (Lipinski definition) is 1. The highest BCUT2D eigenvalue weighted by atomic mass is 32.2. The van der Waals surface area contributed by atoms with Crippen LogP contribution in [0.4, 0.5) is 0 Å². The number of sulfonamides is 1. The van der Waals surface area contributed by atoms with Crippen LogP contribution in [0.25, 0.3) is 0 Å². The van der Waals surface area contributed by atoms with Gasteiger partial charge in [0.05, 0.1) is 11.5 Å². The van der Waals surface area contributed by atoms with E-state index in [1.807, 2.05) is 6.92 Å². The van der Waals surface area contributed by atoms with Crippen LogP contribution < -0.4 is 5.73 Å². The van der Waals surface area contributed by atoms with Crippen LogP contribution in [0.2, 0.25) is 0 Å². The summed E-state index contributed by atoms with van der Waals surface area (Å²) in [7, 11) is -6.75. The van der Waals surface area contributed by atoms with Crippen molar-refractivity contribution in [2.24, 2.45) is 5.73 Å². The van der Waals surface area contributed by atoms with Crippen LogP contribution in [-0.2, 0) is 19.9 Å². The summed E-state index contributed by atoms with van der Waals surface area (Å²) < 4.78 is 47.1. The zero-order valence-corrected chi connectivity index (χ0v) is 12.1. The van der Waals surface area contributed by atoms with Crippen LogP contribution in [0.3, 0.4) is 0 Å². The lowest BCUT2D eigenvalue weighted by molar-refractivity contribution is 0.407. The highest BCUT2D eigenvalue weighted by Crippen LogP contribution is 2.05. The molecule has 0 amide bonds. The van der Waals surface area contributed by atoms with Crippen LogP contribution >= 0.6 is 0 Å². The Morgan fingerprint density at radius 1 is 1.06 bits per heavy atom. The molecule has 0 aliphatic carbocycles. The van der Waals surface area contributed by atoms with Crippen molar-refractivity contribution in [2.45, 2.75) is 19.8 Å². The molecule has 0 radical (unpaired) electrons. The van der Waals surface area contributed by atoms with Gasteiger partial charge in [-0.25, -0.2) is 21.1 Å². The molecule has 0 aromatic carbocycles. The normalized spacial score (nSPS) is 13.2. The molecule has 0 heterocycles. The fourth-order valence-corrected chi connectivity index (χ4v) is 4.47. The Morgan fingerprint density at radius 3 is 2.06 bits per heavy atom. The van der Waals surface area contributed by atoms with E-state index in [1.165, 1.54) is 4.31 Å². The first-order chi connectivity index (χ1) is 7.73. The molecular weight excluding hydrogens is 264 g/mol. The molecule has 0 spiro atoms. The number of nitrogens with zero attached hydrogens (tertiary/aromatic N) is 1. The average Bonchev–Trinajstić information content (AvgIpc) is 2.20. The standard InChI is InChI=1S/C9H22N2O4S2/c1-3-6-11(7-4-5-10)17(14,15)9-8-16(2,12)13/h3-10H2,1-2H3. The predicted molar refractivity (Wildman–Crippen MR) is 69.0 cm³/mol. The van der Waals surface area contributed by atoms with Crippen LogP contribution in [-0.4, -0.2) is 58.5 Å². The molecule has 6 nitrogen and oxygen atoms in total. The quantitative estimate of drug-likeness (QED) is 0.611. The average molecular weight is 286 g/mol. The molecular formula is C9H22N2O4S2.